The molecule has 0 saturated carbocycles. The predicted molar refractivity (Wildman–Crippen MR) is 65.4 cm³/mol. The average Bonchev–Trinajstić information content (AvgIpc) is 2.80. The summed E-state index contributed by atoms with van der Waals surface area (Å²) in [5.41, 5.74) is 1.24. The minimum absolute atomic E-state index is 0.778. The smallest absolute Gasteiger partial charge is 0.0534 e. The van der Waals surface area contributed by atoms with Crippen molar-refractivity contribution >= 4 is 11.6 Å². The lowest BCUT2D eigenvalue weighted by Gasteiger charge is -2.05. The number of aromatic nitrogens is 2. The second-order valence-corrected chi connectivity index (χ2v) is 4.01. The van der Waals surface area contributed by atoms with Crippen molar-refractivity contribution in [3.63, 3.8) is 0 Å². The lowest BCUT2D eigenvalue weighted by atomic mass is 10.2. The van der Waals surface area contributed by atoms with E-state index in [1.807, 2.05) is 41.2 Å². The third-order valence-corrected chi connectivity index (χ3v) is 2.57. The molecule has 0 saturated heterocycles. The van der Waals surface area contributed by atoms with Gasteiger partial charge in [-0.15, -0.1) is 0 Å². The third kappa shape index (κ3) is 3.36. The molecule has 2 aromatic rings. The Morgan fingerprint density at radius 2 is 2.06 bits per heavy atom. The van der Waals surface area contributed by atoms with Gasteiger partial charge in [-0.3, -0.25) is 4.68 Å². The normalized spacial score (nSPS) is 10.6. The Labute approximate surface area is 100 Å². The second kappa shape index (κ2) is 5.68. The largest absolute Gasteiger partial charge is 0.311 e. The van der Waals surface area contributed by atoms with E-state index in [2.05, 4.69) is 10.4 Å². The molecule has 0 spiro atoms. The first-order chi connectivity index (χ1) is 7.84. The molecule has 1 aromatic heterocycles. The van der Waals surface area contributed by atoms with E-state index in [-0.39, 0.29) is 0 Å². The lowest BCUT2D eigenvalue weighted by molar-refractivity contribution is 0.555. The SMILES string of the molecule is Clc1ccc(CNCCn2cccn2)cc1. The quantitative estimate of drug-likeness (QED) is 0.807. The second-order valence-electron chi connectivity index (χ2n) is 3.57. The van der Waals surface area contributed by atoms with Crippen LogP contribution >= 0.6 is 11.6 Å². The maximum absolute atomic E-state index is 5.81. The third-order valence-electron chi connectivity index (χ3n) is 2.32. The molecule has 0 radical (unpaired) electrons. The summed E-state index contributed by atoms with van der Waals surface area (Å²) in [4.78, 5) is 0. The first-order valence-electron chi connectivity index (χ1n) is 5.27. The van der Waals surface area contributed by atoms with Crippen molar-refractivity contribution in [2.75, 3.05) is 6.54 Å². The standard InChI is InChI=1S/C12H14ClN3/c13-12-4-2-11(3-5-12)10-14-7-9-16-8-1-6-15-16/h1-6,8,14H,7,9-10H2. The van der Waals surface area contributed by atoms with Gasteiger partial charge in [0.15, 0.2) is 0 Å². The van der Waals surface area contributed by atoms with E-state index in [4.69, 9.17) is 11.6 Å². The van der Waals surface area contributed by atoms with Crippen LogP contribution in [0.2, 0.25) is 5.02 Å². The van der Waals surface area contributed by atoms with Gasteiger partial charge in [-0.2, -0.15) is 5.10 Å². The number of hydrogen-bond acceptors (Lipinski definition) is 2. The molecule has 0 aliphatic carbocycles. The zero-order valence-electron chi connectivity index (χ0n) is 8.94. The van der Waals surface area contributed by atoms with Crippen LogP contribution in [0.5, 0.6) is 0 Å². The zero-order chi connectivity index (χ0) is 11.2. The molecule has 1 aromatic carbocycles. The van der Waals surface area contributed by atoms with Gasteiger partial charge in [0.2, 0.25) is 0 Å². The summed E-state index contributed by atoms with van der Waals surface area (Å²) < 4.78 is 1.91. The molecule has 0 aliphatic heterocycles. The van der Waals surface area contributed by atoms with Gasteiger partial charge in [-0.05, 0) is 23.8 Å². The van der Waals surface area contributed by atoms with Gasteiger partial charge >= 0.3 is 0 Å². The highest BCUT2D eigenvalue weighted by Crippen LogP contribution is 2.08. The van der Waals surface area contributed by atoms with E-state index in [1.54, 1.807) is 6.20 Å². The van der Waals surface area contributed by atoms with Crippen molar-refractivity contribution in [1.29, 1.82) is 0 Å². The average molecular weight is 236 g/mol. The van der Waals surface area contributed by atoms with Crippen LogP contribution in [0.3, 0.4) is 0 Å². The Morgan fingerprint density at radius 1 is 1.25 bits per heavy atom. The minimum Gasteiger partial charge on any atom is -0.311 e. The molecule has 84 valence electrons. The molecule has 1 N–H and O–H groups in total. The van der Waals surface area contributed by atoms with Gasteiger partial charge in [0.05, 0.1) is 6.54 Å². The first-order valence-corrected chi connectivity index (χ1v) is 5.65. The first kappa shape index (κ1) is 11.2. The van der Waals surface area contributed by atoms with Crippen LogP contribution in [0, 0.1) is 0 Å². The molecule has 2 rings (SSSR count). The van der Waals surface area contributed by atoms with Gasteiger partial charge in [-0.1, -0.05) is 23.7 Å². The van der Waals surface area contributed by atoms with Crippen molar-refractivity contribution in [3.05, 3.63) is 53.3 Å². The summed E-state index contributed by atoms with van der Waals surface area (Å²) in [6, 6.07) is 9.81. The molecule has 0 unspecified atom stereocenters. The van der Waals surface area contributed by atoms with E-state index >= 15 is 0 Å². The summed E-state index contributed by atoms with van der Waals surface area (Å²) >= 11 is 5.81. The Kier molecular flexibility index (Phi) is 3.97. The van der Waals surface area contributed by atoms with Crippen LogP contribution in [0.4, 0.5) is 0 Å². The maximum Gasteiger partial charge on any atom is 0.0534 e. The summed E-state index contributed by atoms with van der Waals surface area (Å²) in [7, 11) is 0. The Hall–Kier alpha value is -1.32. The molecule has 16 heavy (non-hydrogen) atoms. The highest BCUT2D eigenvalue weighted by atomic mass is 35.5. The van der Waals surface area contributed by atoms with Crippen molar-refractivity contribution in [2.45, 2.75) is 13.1 Å². The Morgan fingerprint density at radius 3 is 2.75 bits per heavy atom. The van der Waals surface area contributed by atoms with Crippen LogP contribution in [0.15, 0.2) is 42.7 Å². The van der Waals surface area contributed by atoms with Crippen LogP contribution in [0.25, 0.3) is 0 Å². The fourth-order valence-electron chi connectivity index (χ4n) is 1.46. The molecule has 4 heteroatoms. The fourth-order valence-corrected chi connectivity index (χ4v) is 1.59. The van der Waals surface area contributed by atoms with Gasteiger partial charge in [0.1, 0.15) is 0 Å². The zero-order valence-corrected chi connectivity index (χ0v) is 9.69. The predicted octanol–water partition coefficient (Wildman–Crippen LogP) is 2.33. The highest BCUT2D eigenvalue weighted by molar-refractivity contribution is 6.30. The molecule has 3 nitrogen and oxygen atoms in total. The van der Waals surface area contributed by atoms with Gasteiger partial charge in [0, 0.05) is 30.5 Å². The van der Waals surface area contributed by atoms with Gasteiger partial charge < -0.3 is 5.32 Å². The summed E-state index contributed by atoms with van der Waals surface area (Å²) in [5.74, 6) is 0. The molecule has 0 amide bonds. The molecule has 1 heterocycles. The lowest BCUT2D eigenvalue weighted by Crippen LogP contribution is -2.19. The molecule has 0 fully saturated rings. The highest BCUT2D eigenvalue weighted by Gasteiger charge is 1.93. The summed E-state index contributed by atoms with van der Waals surface area (Å²) in [6.45, 7) is 2.66. The van der Waals surface area contributed by atoms with Gasteiger partial charge in [-0.25, -0.2) is 0 Å². The topological polar surface area (TPSA) is 29.9 Å². The van der Waals surface area contributed by atoms with Crippen LogP contribution in [-0.4, -0.2) is 16.3 Å². The molecular weight excluding hydrogens is 222 g/mol. The van der Waals surface area contributed by atoms with Crippen molar-refractivity contribution in [3.8, 4) is 0 Å². The van der Waals surface area contributed by atoms with E-state index in [0.29, 0.717) is 0 Å². The maximum atomic E-state index is 5.81. The fraction of sp³-hybridized carbons (Fsp3) is 0.250. The number of halogens is 1. The van der Waals surface area contributed by atoms with Crippen LogP contribution < -0.4 is 5.32 Å². The van der Waals surface area contributed by atoms with Crippen LogP contribution in [0.1, 0.15) is 5.56 Å². The Bertz CT molecular complexity index is 408. The van der Waals surface area contributed by atoms with Crippen molar-refractivity contribution in [2.24, 2.45) is 0 Å². The molecule has 0 aliphatic rings. The molecule has 0 bridgehead atoms. The van der Waals surface area contributed by atoms with Crippen molar-refractivity contribution < 1.29 is 0 Å². The summed E-state index contributed by atoms with van der Waals surface area (Å²) in [5, 5.41) is 8.27. The number of nitrogens with zero attached hydrogens (tertiary/aromatic N) is 2. The van der Waals surface area contributed by atoms with Crippen molar-refractivity contribution in [1.82, 2.24) is 15.1 Å². The number of hydrogen-bond donors (Lipinski definition) is 1. The monoisotopic (exact) mass is 235 g/mol. The minimum atomic E-state index is 0.778. The van der Waals surface area contributed by atoms with Gasteiger partial charge in [0.25, 0.3) is 0 Å². The molecular formula is C12H14ClN3. The Balaban J connectivity index is 1.70. The van der Waals surface area contributed by atoms with E-state index in [1.165, 1.54) is 5.56 Å². The summed E-state index contributed by atoms with van der Waals surface area (Å²) in [6.07, 6.45) is 3.75. The van der Waals surface area contributed by atoms with Crippen LogP contribution in [-0.2, 0) is 13.1 Å². The number of nitrogens with one attached hydrogen (secondary N) is 1. The number of benzene rings is 1. The van der Waals surface area contributed by atoms with E-state index in [0.717, 1.165) is 24.7 Å². The van der Waals surface area contributed by atoms with E-state index in [9.17, 15) is 0 Å². The molecule has 0 atom stereocenters. The van der Waals surface area contributed by atoms with E-state index < -0.39 is 0 Å². The number of rotatable bonds is 5.